The number of hydrogen-bond donors (Lipinski definition) is 1. The van der Waals surface area contributed by atoms with Crippen molar-refractivity contribution in [2.75, 3.05) is 7.11 Å². The number of benzene rings is 1. The molecule has 0 fully saturated rings. The standard InChI is InChI=1S/C11H11FN3O/c1-7-9(14-15-13-7)6-8-4-3-5-10(16-2)11(8)12/h3-5H,1,6H2,2H3,(H,13,14,15). The van der Waals surface area contributed by atoms with Crippen molar-refractivity contribution in [3.05, 3.63) is 47.9 Å². The number of aromatic amines is 1. The van der Waals surface area contributed by atoms with Gasteiger partial charge in [0.15, 0.2) is 11.6 Å². The fourth-order valence-electron chi connectivity index (χ4n) is 1.45. The molecule has 0 saturated heterocycles. The van der Waals surface area contributed by atoms with E-state index in [0.717, 1.165) is 0 Å². The minimum absolute atomic E-state index is 0.232. The molecule has 2 rings (SSSR count). The molecule has 16 heavy (non-hydrogen) atoms. The molecule has 0 atom stereocenters. The van der Waals surface area contributed by atoms with Gasteiger partial charge in [-0.25, -0.2) is 4.39 Å². The van der Waals surface area contributed by atoms with Crippen LogP contribution in [-0.4, -0.2) is 22.5 Å². The highest BCUT2D eigenvalue weighted by atomic mass is 19.1. The van der Waals surface area contributed by atoms with Gasteiger partial charge in [-0.1, -0.05) is 17.3 Å². The van der Waals surface area contributed by atoms with Gasteiger partial charge in [-0.05, 0) is 18.6 Å². The summed E-state index contributed by atoms with van der Waals surface area (Å²) in [6.07, 6.45) is 0.370. The third-order valence-corrected chi connectivity index (χ3v) is 2.33. The largest absolute Gasteiger partial charge is 0.494 e. The zero-order valence-electron chi connectivity index (χ0n) is 8.83. The van der Waals surface area contributed by atoms with E-state index in [2.05, 4.69) is 22.3 Å². The van der Waals surface area contributed by atoms with Gasteiger partial charge in [0.2, 0.25) is 0 Å². The Kier molecular flexibility index (Phi) is 2.85. The predicted octanol–water partition coefficient (Wildman–Crippen LogP) is 1.73. The van der Waals surface area contributed by atoms with Crippen LogP contribution in [0.15, 0.2) is 18.2 Å². The molecule has 2 aromatic rings. The summed E-state index contributed by atoms with van der Waals surface area (Å²) in [6.45, 7) is 3.69. The number of nitrogens with zero attached hydrogens (tertiary/aromatic N) is 2. The van der Waals surface area contributed by atoms with Gasteiger partial charge in [0.1, 0.15) is 0 Å². The second-order valence-corrected chi connectivity index (χ2v) is 3.35. The van der Waals surface area contributed by atoms with E-state index in [4.69, 9.17) is 4.74 Å². The van der Waals surface area contributed by atoms with Crippen LogP contribution in [0.4, 0.5) is 4.39 Å². The summed E-state index contributed by atoms with van der Waals surface area (Å²) in [5.74, 6) is -0.130. The van der Waals surface area contributed by atoms with Crippen LogP contribution in [0.5, 0.6) is 5.75 Å². The maximum absolute atomic E-state index is 13.8. The Morgan fingerprint density at radius 2 is 2.31 bits per heavy atom. The molecule has 0 amide bonds. The number of methoxy groups -OCH3 is 1. The lowest BCUT2D eigenvalue weighted by atomic mass is 10.1. The molecule has 0 unspecified atom stereocenters. The van der Waals surface area contributed by atoms with Crippen LogP contribution in [0.2, 0.25) is 0 Å². The average Bonchev–Trinajstić information content (AvgIpc) is 2.68. The van der Waals surface area contributed by atoms with Crippen LogP contribution >= 0.6 is 0 Å². The lowest BCUT2D eigenvalue weighted by molar-refractivity contribution is 0.384. The SMILES string of the molecule is [CH2]c1nn[nH]c1Cc1cccc(OC)c1F. The highest BCUT2D eigenvalue weighted by Gasteiger charge is 2.11. The summed E-state index contributed by atoms with van der Waals surface area (Å²) in [5.41, 5.74) is 1.75. The number of halogens is 1. The molecule has 1 aromatic heterocycles. The van der Waals surface area contributed by atoms with Crippen LogP contribution in [0, 0.1) is 12.7 Å². The molecule has 1 aromatic carbocycles. The van der Waals surface area contributed by atoms with E-state index in [1.165, 1.54) is 7.11 Å². The van der Waals surface area contributed by atoms with Gasteiger partial charge in [0, 0.05) is 6.42 Å². The van der Waals surface area contributed by atoms with E-state index in [0.29, 0.717) is 23.4 Å². The molecule has 5 heteroatoms. The molecule has 1 radical (unpaired) electrons. The van der Waals surface area contributed by atoms with Crippen LogP contribution in [-0.2, 0) is 6.42 Å². The predicted molar refractivity (Wildman–Crippen MR) is 56.6 cm³/mol. The zero-order valence-corrected chi connectivity index (χ0v) is 8.83. The van der Waals surface area contributed by atoms with E-state index in [1.807, 2.05) is 0 Å². The molecule has 0 spiro atoms. The third-order valence-electron chi connectivity index (χ3n) is 2.33. The fourth-order valence-corrected chi connectivity index (χ4v) is 1.45. The molecule has 1 heterocycles. The zero-order chi connectivity index (χ0) is 11.5. The molecule has 1 N–H and O–H groups in total. The second-order valence-electron chi connectivity index (χ2n) is 3.35. The topological polar surface area (TPSA) is 50.8 Å². The van der Waals surface area contributed by atoms with Crippen molar-refractivity contribution >= 4 is 0 Å². The summed E-state index contributed by atoms with van der Waals surface area (Å²) in [4.78, 5) is 0. The van der Waals surface area contributed by atoms with Gasteiger partial charge in [-0.2, -0.15) is 0 Å². The third kappa shape index (κ3) is 1.88. The molecule has 0 aliphatic rings. The quantitative estimate of drug-likeness (QED) is 0.856. The van der Waals surface area contributed by atoms with Crippen molar-refractivity contribution in [2.45, 2.75) is 6.42 Å². The number of hydrogen-bond acceptors (Lipinski definition) is 3. The first-order valence-corrected chi connectivity index (χ1v) is 4.75. The van der Waals surface area contributed by atoms with Crippen molar-refractivity contribution in [3.63, 3.8) is 0 Å². The van der Waals surface area contributed by atoms with Crippen LogP contribution in [0.25, 0.3) is 0 Å². The van der Waals surface area contributed by atoms with Crippen molar-refractivity contribution in [1.82, 2.24) is 15.4 Å². The fraction of sp³-hybridized carbons (Fsp3) is 0.182. The molecular weight excluding hydrogens is 209 g/mol. The summed E-state index contributed by atoms with van der Waals surface area (Å²) in [6, 6.07) is 5.01. The molecule has 0 bridgehead atoms. The van der Waals surface area contributed by atoms with Crippen molar-refractivity contribution in [2.24, 2.45) is 0 Å². The Morgan fingerprint density at radius 3 is 2.94 bits per heavy atom. The van der Waals surface area contributed by atoms with Gasteiger partial charge in [0.05, 0.1) is 18.5 Å². The minimum Gasteiger partial charge on any atom is -0.494 e. The maximum Gasteiger partial charge on any atom is 0.168 e. The molecular formula is C11H11FN3O. The van der Waals surface area contributed by atoms with Crippen molar-refractivity contribution in [1.29, 1.82) is 0 Å². The number of nitrogens with one attached hydrogen (secondary N) is 1. The summed E-state index contributed by atoms with van der Waals surface area (Å²) < 4.78 is 18.7. The molecule has 0 aliphatic carbocycles. The minimum atomic E-state index is -0.362. The first-order valence-electron chi connectivity index (χ1n) is 4.75. The number of H-pyrrole nitrogens is 1. The summed E-state index contributed by atoms with van der Waals surface area (Å²) >= 11 is 0. The Bertz CT molecular complexity index is 496. The molecule has 4 nitrogen and oxygen atoms in total. The van der Waals surface area contributed by atoms with E-state index < -0.39 is 0 Å². The number of ether oxygens (including phenoxy) is 1. The smallest absolute Gasteiger partial charge is 0.168 e. The van der Waals surface area contributed by atoms with Crippen LogP contribution in [0.1, 0.15) is 17.0 Å². The average molecular weight is 220 g/mol. The van der Waals surface area contributed by atoms with Crippen LogP contribution < -0.4 is 4.74 Å². The summed E-state index contributed by atoms with van der Waals surface area (Å²) in [7, 11) is 1.44. The monoisotopic (exact) mass is 220 g/mol. The van der Waals surface area contributed by atoms with E-state index in [-0.39, 0.29) is 11.6 Å². The Morgan fingerprint density at radius 1 is 1.50 bits per heavy atom. The number of rotatable bonds is 3. The van der Waals surface area contributed by atoms with Crippen molar-refractivity contribution in [3.8, 4) is 5.75 Å². The van der Waals surface area contributed by atoms with Gasteiger partial charge >= 0.3 is 0 Å². The molecule has 0 aliphatic heterocycles. The van der Waals surface area contributed by atoms with Crippen molar-refractivity contribution < 1.29 is 9.13 Å². The molecule has 0 saturated carbocycles. The lowest BCUT2D eigenvalue weighted by Gasteiger charge is -2.06. The maximum atomic E-state index is 13.8. The summed E-state index contributed by atoms with van der Waals surface area (Å²) in [5, 5.41) is 10.0. The highest BCUT2D eigenvalue weighted by Crippen LogP contribution is 2.22. The Hall–Kier alpha value is -1.91. The van der Waals surface area contributed by atoms with Gasteiger partial charge in [-0.3, -0.25) is 5.10 Å². The van der Waals surface area contributed by atoms with E-state index in [1.54, 1.807) is 18.2 Å². The van der Waals surface area contributed by atoms with E-state index >= 15 is 0 Å². The van der Waals surface area contributed by atoms with Crippen LogP contribution in [0.3, 0.4) is 0 Å². The first-order chi connectivity index (χ1) is 7.72. The Balaban J connectivity index is 2.32. The lowest BCUT2D eigenvalue weighted by Crippen LogP contribution is -1.97. The number of aromatic nitrogens is 3. The first kappa shape index (κ1) is 10.6. The van der Waals surface area contributed by atoms with E-state index in [9.17, 15) is 4.39 Å². The second kappa shape index (κ2) is 4.30. The normalized spacial score (nSPS) is 10.4. The Labute approximate surface area is 92.4 Å². The van der Waals surface area contributed by atoms with Gasteiger partial charge in [-0.15, -0.1) is 5.10 Å². The molecule has 83 valence electrons. The van der Waals surface area contributed by atoms with Gasteiger partial charge in [0.25, 0.3) is 0 Å². The van der Waals surface area contributed by atoms with Gasteiger partial charge < -0.3 is 4.74 Å². The highest BCUT2D eigenvalue weighted by molar-refractivity contribution is 5.34.